The molecule has 0 unspecified atom stereocenters. The van der Waals surface area contributed by atoms with Gasteiger partial charge in [-0.1, -0.05) is 13.8 Å². The van der Waals surface area contributed by atoms with Crippen LogP contribution in [0.25, 0.3) is 5.65 Å². The number of fused-ring (bicyclic) bond motifs is 1. The Kier molecular flexibility index (Phi) is 6.25. The summed E-state index contributed by atoms with van der Waals surface area (Å²) in [5, 5.41) is 16.3. The topological polar surface area (TPSA) is 87.9 Å². The largest absolute Gasteiger partial charge is 0.379 e. The number of carbonyl (C=O) groups is 1. The molecular formula is C20H31N7O2. The fraction of sp³-hybridized carbons (Fsp3) is 0.700. The van der Waals surface area contributed by atoms with Gasteiger partial charge < -0.3 is 15.0 Å². The Morgan fingerprint density at radius 2 is 2.07 bits per heavy atom. The van der Waals surface area contributed by atoms with E-state index in [0.29, 0.717) is 13.1 Å². The van der Waals surface area contributed by atoms with Crippen LogP contribution in [-0.2, 0) is 9.53 Å². The van der Waals surface area contributed by atoms with Gasteiger partial charge in [-0.2, -0.15) is 4.52 Å². The number of ether oxygens (including phenoxy) is 1. The first-order valence-electron chi connectivity index (χ1n) is 10.7. The molecule has 158 valence electrons. The highest BCUT2D eigenvalue weighted by Gasteiger charge is 2.27. The smallest absolute Gasteiger partial charge is 0.224 e. The van der Waals surface area contributed by atoms with Gasteiger partial charge in [-0.25, -0.2) is 0 Å². The van der Waals surface area contributed by atoms with Crippen LogP contribution >= 0.6 is 0 Å². The average Bonchev–Trinajstić information content (AvgIpc) is 3.18. The van der Waals surface area contributed by atoms with E-state index in [1.165, 1.54) is 0 Å². The third-order valence-electron chi connectivity index (χ3n) is 5.74. The summed E-state index contributed by atoms with van der Waals surface area (Å²) in [6.07, 6.45) is 1.91. The van der Waals surface area contributed by atoms with Gasteiger partial charge in [0.25, 0.3) is 0 Å². The number of rotatable bonds is 6. The molecule has 2 fully saturated rings. The first-order valence-corrected chi connectivity index (χ1v) is 10.7. The minimum atomic E-state index is -0.00332. The second-order valence-corrected chi connectivity index (χ2v) is 8.20. The maximum atomic E-state index is 12.7. The van der Waals surface area contributed by atoms with Crippen LogP contribution in [0.1, 0.15) is 38.4 Å². The van der Waals surface area contributed by atoms with Gasteiger partial charge in [-0.05, 0) is 25.0 Å². The zero-order chi connectivity index (χ0) is 20.2. The van der Waals surface area contributed by atoms with Gasteiger partial charge in [0.2, 0.25) is 5.91 Å². The zero-order valence-electron chi connectivity index (χ0n) is 17.4. The lowest BCUT2D eigenvalue weighted by Gasteiger charge is -2.33. The molecule has 1 N–H and O–H groups in total. The minimum absolute atomic E-state index is 0.00332. The molecule has 0 spiro atoms. The van der Waals surface area contributed by atoms with E-state index in [1.807, 2.05) is 16.6 Å². The van der Waals surface area contributed by atoms with Crippen molar-refractivity contribution in [2.24, 2.45) is 5.92 Å². The molecule has 2 aliphatic heterocycles. The Morgan fingerprint density at radius 1 is 1.24 bits per heavy atom. The van der Waals surface area contributed by atoms with E-state index in [-0.39, 0.29) is 17.7 Å². The normalized spacial score (nSPS) is 21.1. The van der Waals surface area contributed by atoms with Crippen LogP contribution in [0.4, 0.5) is 5.82 Å². The van der Waals surface area contributed by atoms with Crippen LogP contribution in [-0.4, -0.2) is 83.1 Å². The van der Waals surface area contributed by atoms with E-state index in [9.17, 15) is 4.79 Å². The van der Waals surface area contributed by atoms with Crippen LogP contribution in [0.15, 0.2) is 12.1 Å². The minimum Gasteiger partial charge on any atom is -0.379 e. The Hall–Kier alpha value is -2.26. The molecule has 2 aromatic heterocycles. The van der Waals surface area contributed by atoms with Crippen molar-refractivity contribution in [2.75, 3.05) is 57.4 Å². The van der Waals surface area contributed by atoms with Crippen molar-refractivity contribution >= 4 is 17.4 Å². The highest BCUT2D eigenvalue weighted by atomic mass is 16.5. The maximum absolute atomic E-state index is 12.7. The Labute approximate surface area is 171 Å². The van der Waals surface area contributed by atoms with Gasteiger partial charge in [0, 0.05) is 45.2 Å². The summed E-state index contributed by atoms with van der Waals surface area (Å²) in [6.45, 7) is 10.8. The monoisotopic (exact) mass is 401 g/mol. The number of nitrogens with one attached hydrogen (secondary N) is 1. The van der Waals surface area contributed by atoms with Gasteiger partial charge in [-0.3, -0.25) is 9.69 Å². The van der Waals surface area contributed by atoms with Crippen LogP contribution in [0.3, 0.4) is 0 Å². The number of nitrogens with zero attached hydrogens (tertiary/aromatic N) is 6. The molecule has 4 heterocycles. The van der Waals surface area contributed by atoms with Crippen molar-refractivity contribution in [2.45, 2.75) is 32.6 Å². The second kappa shape index (κ2) is 9.04. The number of anilines is 1. The number of hydrogen-bond acceptors (Lipinski definition) is 7. The molecule has 0 radical (unpaired) electrons. The molecule has 0 aliphatic carbocycles. The van der Waals surface area contributed by atoms with Crippen molar-refractivity contribution in [3.8, 4) is 0 Å². The molecule has 1 atom stereocenters. The standard InChI is InChI=1S/C20H31N7O2/c1-15(2)19-23-22-17-5-6-18(24-27(17)19)26-8-3-4-16(14-26)20(28)21-7-9-25-10-12-29-13-11-25/h5-6,15-16H,3-4,7-14H2,1-2H3,(H,21,28)/t16-/m0/s1. The summed E-state index contributed by atoms with van der Waals surface area (Å²) in [7, 11) is 0. The van der Waals surface area contributed by atoms with E-state index >= 15 is 0 Å². The Bertz CT molecular complexity index is 831. The zero-order valence-corrected chi connectivity index (χ0v) is 17.4. The van der Waals surface area contributed by atoms with Crippen LogP contribution in [0.5, 0.6) is 0 Å². The van der Waals surface area contributed by atoms with Crippen LogP contribution in [0, 0.1) is 5.92 Å². The van der Waals surface area contributed by atoms with Crippen molar-refractivity contribution in [1.82, 2.24) is 30.0 Å². The average molecular weight is 402 g/mol. The third-order valence-corrected chi connectivity index (χ3v) is 5.74. The lowest BCUT2D eigenvalue weighted by atomic mass is 9.97. The lowest BCUT2D eigenvalue weighted by molar-refractivity contribution is -0.125. The summed E-state index contributed by atoms with van der Waals surface area (Å²) in [5.74, 6) is 2.13. The van der Waals surface area contributed by atoms with E-state index in [0.717, 1.165) is 69.5 Å². The van der Waals surface area contributed by atoms with Crippen molar-refractivity contribution in [1.29, 1.82) is 0 Å². The summed E-state index contributed by atoms with van der Waals surface area (Å²) < 4.78 is 7.19. The van der Waals surface area contributed by atoms with Crippen molar-refractivity contribution < 1.29 is 9.53 Å². The Morgan fingerprint density at radius 3 is 2.86 bits per heavy atom. The summed E-state index contributed by atoms with van der Waals surface area (Å²) in [5.41, 5.74) is 0.756. The molecule has 29 heavy (non-hydrogen) atoms. The number of amides is 1. The molecule has 0 saturated carbocycles. The highest BCUT2D eigenvalue weighted by Crippen LogP contribution is 2.23. The molecular weight excluding hydrogens is 370 g/mol. The number of piperidine rings is 1. The van der Waals surface area contributed by atoms with Crippen LogP contribution in [0.2, 0.25) is 0 Å². The van der Waals surface area contributed by atoms with Gasteiger partial charge >= 0.3 is 0 Å². The first kappa shape index (κ1) is 20.0. The summed E-state index contributed by atoms with van der Waals surface area (Å²) in [4.78, 5) is 17.2. The molecule has 4 rings (SSSR count). The molecule has 0 bridgehead atoms. The molecule has 2 aliphatic rings. The highest BCUT2D eigenvalue weighted by molar-refractivity contribution is 5.79. The van der Waals surface area contributed by atoms with Crippen LogP contribution < -0.4 is 10.2 Å². The maximum Gasteiger partial charge on any atom is 0.224 e. The van der Waals surface area contributed by atoms with Gasteiger partial charge in [0.05, 0.1) is 19.1 Å². The van der Waals surface area contributed by atoms with E-state index in [4.69, 9.17) is 9.84 Å². The SMILES string of the molecule is CC(C)c1nnc2ccc(N3CCC[C@H](C(=O)NCCN4CCOCC4)C3)nn12. The van der Waals surface area contributed by atoms with Gasteiger partial charge in [0.1, 0.15) is 5.82 Å². The quantitative estimate of drug-likeness (QED) is 0.770. The van der Waals surface area contributed by atoms with Gasteiger partial charge in [0.15, 0.2) is 11.5 Å². The van der Waals surface area contributed by atoms with E-state index in [1.54, 1.807) is 0 Å². The summed E-state index contributed by atoms with van der Waals surface area (Å²) >= 11 is 0. The fourth-order valence-electron chi connectivity index (χ4n) is 4.03. The predicted octanol–water partition coefficient (Wildman–Crippen LogP) is 0.913. The third kappa shape index (κ3) is 4.67. The Balaban J connectivity index is 1.35. The predicted molar refractivity (Wildman–Crippen MR) is 110 cm³/mol. The van der Waals surface area contributed by atoms with E-state index in [2.05, 4.69) is 39.2 Å². The molecule has 0 aromatic carbocycles. The van der Waals surface area contributed by atoms with Gasteiger partial charge in [-0.15, -0.1) is 15.3 Å². The number of carbonyl (C=O) groups excluding carboxylic acids is 1. The summed E-state index contributed by atoms with van der Waals surface area (Å²) in [6, 6.07) is 3.93. The molecule has 1 amide bonds. The fourth-order valence-corrected chi connectivity index (χ4v) is 4.03. The number of aromatic nitrogens is 4. The first-order chi connectivity index (χ1) is 14.1. The van der Waals surface area contributed by atoms with Crippen molar-refractivity contribution in [3.05, 3.63) is 18.0 Å². The molecule has 2 saturated heterocycles. The van der Waals surface area contributed by atoms with Crippen molar-refractivity contribution in [3.63, 3.8) is 0 Å². The molecule has 9 heteroatoms. The number of hydrogen-bond donors (Lipinski definition) is 1. The second-order valence-electron chi connectivity index (χ2n) is 8.20. The lowest BCUT2D eigenvalue weighted by Crippen LogP contribution is -2.46. The number of morpholine rings is 1. The van der Waals surface area contributed by atoms with E-state index < -0.39 is 0 Å². The molecule has 9 nitrogen and oxygen atoms in total. The molecule has 2 aromatic rings.